The molecular weight excluding hydrogens is 581 g/mol. The van der Waals surface area contributed by atoms with E-state index in [9.17, 15) is 18.0 Å². The van der Waals surface area contributed by atoms with E-state index in [2.05, 4.69) is 5.32 Å². The molecule has 7 nitrogen and oxygen atoms in total. The number of nitrogens with one attached hydrogen (secondary N) is 1. The maximum Gasteiger partial charge on any atom is 0.264 e. The Labute approximate surface area is 244 Å². The number of aryl methyl sites for hydroxylation is 1. The van der Waals surface area contributed by atoms with E-state index < -0.39 is 28.5 Å². The lowest BCUT2D eigenvalue weighted by atomic mass is 10.1. The Bertz CT molecular complexity index is 1450. The van der Waals surface area contributed by atoms with E-state index in [0.29, 0.717) is 20.6 Å². The number of carbonyl (C=O) groups is 2. The highest BCUT2D eigenvalue weighted by Crippen LogP contribution is 2.28. The molecule has 0 aliphatic carbocycles. The van der Waals surface area contributed by atoms with Gasteiger partial charge >= 0.3 is 0 Å². The van der Waals surface area contributed by atoms with Crippen LogP contribution in [0.1, 0.15) is 31.9 Å². The summed E-state index contributed by atoms with van der Waals surface area (Å²) in [7, 11) is -4.18. The predicted molar refractivity (Wildman–Crippen MR) is 157 cm³/mol. The first-order chi connectivity index (χ1) is 18.3. The van der Waals surface area contributed by atoms with Crippen molar-refractivity contribution >= 4 is 62.3 Å². The maximum absolute atomic E-state index is 13.9. The minimum absolute atomic E-state index is 0.00360. The Morgan fingerprint density at radius 1 is 0.897 bits per heavy atom. The molecule has 0 radical (unpaired) electrons. The molecule has 2 amide bonds. The van der Waals surface area contributed by atoms with Crippen molar-refractivity contribution in [3.05, 3.63) is 92.9 Å². The van der Waals surface area contributed by atoms with Crippen molar-refractivity contribution in [2.45, 2.75) is 51.2 Å². The molecule has 1 N–H and O–H groups in total. The van der Waals surface area contributed by atoms with Crippen LogP contribution in [0.4, 0.5) is 5.69 Å². The van der Waals surface area contributed by atoms with Gasteiger partial charge in [-0.1, -0.05) is 64.6 Å². The smallest absolute Gasteiger partial charge is 0.264 e. The van der Waals surface area contributed by atoms with Crippen LogP contribution in [0, 0.1) is 6.92 Å². The number of carbonyl (C=O) groups excluding carboxylic acids is 2. The molecule has 1 atom stereocenters. The van der Waals surface area contributed by atoms with Crippen molar-refractivity contribution in [2.24, 2.45) is 0 Å². The Kier molecular flexibility index (Phi) is 10.3. The molecular formula is C28H30Cl3N3O4S. The number of nitrogens with zero attached hydrogens (tertiary/aromatic N) is 2. The molecule has 0 aromatic heterocycles. The van der Waals surface area contributed by atoms with Crippen LogP contribution in [0.3, 0.4) is 0 Å². The summed E-state index contributed by atoms with van der Waals surface area (Å²) in [6, 6.07) is 16.4. The number of rotatable bonds is 10. The molecule has 208 valence electrons. The fourth-order valence-corrected chi connectivity index (χ4v) is 5.73. The van der Waals surface area contributed by atoms with Crippen molar-refractivity contribution in [2.75, 3.05) is 10.8 Å². The van der Waals surface area contributed by atoms with Gasteiger partial charge in [-0.15, -0.1) is 0 Å². The number of amides is 2. The quantitative estimate of drug-likeness (QED) is 0.301. The van der Waals surface area contributed by atoms with Gasteiger partial charge in [0.25, 0.3) is 10.0 Å². The number of anilines is 1. The second-order valence-electron chi connectivity index (χ2n) is 9.41. The van der Waals surface area contributed by atoms with E-state index in [-0.39, 0.29) is 29.1 Å². The predicted octanol–water partition coefficient (Wildman–Crippen LogP) is 6.09. The van der Waals surface area contributed by atoms with Crippen LogP contribution in [0.15, 0.2) is 71.6 Å². The molecule has 3 rings (SSSR count). The molecule has 0 spiro atoms. The topological polar surface area (TPSA) is 86.8 Å². The lowest BCUT2D eigenvalue weighted by Gasteiger charge is -2.32. The highest BCUT2D eigenvalue weighted by atomic mass is 35.5. The largest absolute Gasteiger partial charge is 0.352 e. The standard InChI is InChI=1S/C28H30Cl3N3O4S/c1-18(2)32-28(36)20(4)33(16-21-10-13-25(30)26(31)14-21)27(35)17-34(23-7-5-6-22(29)15-23)39(37,38)24-11-8-19(3)9-12-24/h5-15,18,20H,16-17H2,1-4H3,(H,32,36)/t20-/m1/s1. The fraction of sp³-hybridized carbons (Fsp3) is 0.286. The van der Waals surface area contributed by atoms with Crippen LogP contribution in [-0.4, -0.2) is 43.8 Å². The van der Waals surface area contributed by atoms with Gasteiger partial charge < -0.3 is 10.2 Å². The molecule has 3 aromatic rings. The summed E-state index contributed by atoms with van der Waals surface area (Å²) in [5.74, 6) is -0.975. The first kappa shape index (κ1) is 30.8. The number of sulfonamides is 1. The van der Waals surface area contributed by atoms with Crippen LogP contribution >= 0.6 is 34.8 Å². The number of hydrogen-bond donors (Lipinski definition) is 1. The lowest BCUT2D eigenvalue weighted by molar-refractivity contribution is -0.139. The third-order valence-corrected chi connectivity index (χ3v) is 8.68. The monoisotopic (exact) mass is 609 g/mol. The summed E-state index contributed by atoms with van der Waals surface area (Å²) in [6.45, 7) is 6.48. The summed E-state index contributed by atoms with van der Waals surface area (Å²) in [5.41, 5.74) is 1.72. The number of halogens is 3. The van der Waals surface area contributed by atoms with Gasteiger partial charge in [0.05, 0.1) is 20.6 Å². The maximum atomic E-state index is 13.9. The third-order valence-electron chi connectivity index (χ3n) is 5.92. The van der Waals surface area contributed by atoms with Gasteiger partial charge in [0.2, 0.25) is 11.8 Å². The molecule has 11 heteroatoms. The van der Waals surface area contributed by atoms with Gasteiger partial charge in [0, 0.05) is 17.6 Å². The second kappa shape index (κ2) is 13.0. The molecule has 0 aliphatic rings. The van der Waals surface area contributed by atoms with E-state index in [1.54, 1.807) is 55.5 Å². The van der Waals surface area contributed by atoms with Gasteiger partial charge in [0.1, 0.15) is 12.6 Å². The van der Waals surface area contributed by atoms with Crippen LogP contribution in [0.5, 0.6) is 0 Å². The summed E-state index contributed by atoms with van der Waals surface area (Å²) in [5, 5.41) is 3.76. The minimum atomic E-state index is -4.18. The van der Waals surface area contributed by atoms with E-state index in [4.69, 9.17) is 34.8 Å². The summed E-state index contributed by atoms with van der Waals surface area (Å²) in [6.07, 6.45) is 0. The zero-order valence-electron chi connectivity index (χ0n) is 22.0. The average Bonchev–Trinajstić information content (AvgIpc) is 2.87. The Morgan fingerprint density at radius 2 is 1.56 bits per heavy atom. The molecule has 0 bridgehead atoms. The molecule has 0 fully saturated rings. The molecule has 3 aromatic carbocycles. The SMILES string of the molecule is Cc1ccc(S(=O)(=O)N(CC(=O)N(Cc2ccc(Cl)c(Cl)c2)[C@H](C)C(=O)NC(C)C)c2cccc(Cl)c2)cc1. The van der Waals surface area contributed by atoms with Crippen molar-refractivity contribution in [3.8, 4) is 0 Å². The average molecular weight is 611 g/mol. The molecule has 0 aliphatic heterocycles. The summed E-state index contributed by atoms with van der Waals surface area (Å²) >= 11 is 18.4. The zero-order chi connectivity index (χ0) is 28.9. The molecule has 0 heterocycles. The highest BCUT2D eigenvalue weighted by molar-refractivity contribution is 7.92. The molecule has 0 saturated carbocycles. The molecule has 39 heavy (non-hydrogen) atoms. The van der Waals surface area contributed by atoms with Crippen molar-refractivity contribution in [1.29, 1.82) is 0 Å². The Hall–Kier alpha value is -2.78. The fourth-order valence-electron chi connectivity index (χ4n) is 3.82. The van der Waals surface area contributed by atoms with Crippen LogP contribution in [-0.2, 0) is 26.2 Å². The third kappa shape index (κ3) is 7.88. The van der Waals surface area contributed by atoms with E-state index in [1.165, 1.54) is 23.1 Å². The normalized spacial score (nSPS) is 12.2. The minimum Gasteiger partial charge on any atom is -0.352 e. The van der Waals surface area contributed by atoms with Crippen molar-refractivity contribution < 1.29 is 18.0 Å². The number of hydrogen-bond acceptors (Lipinski definition) is 4. The second-order valence-corrected chi connectivity index (χ2v) is 12.5. The van der Waals surface area contributed by atoms with Crippen LogP contribution < -0.4 is 9.62 Å². The van der Waals surface area contributed by atoms with E-state index >= 15 is 0 Å². The van der Waals surface area contributed by atoms with Crippen molar-refractivity contribution in [1.82, 2.24) is 10.2 Å². The Morgan fingerprint density at radius 3 is 2.15 bits per heavy atom. The van der Waals surface area contributed by atoms with Gasteiger partial charge in [0.15, 0.2) is 0 Å². The zero-order valence-corrected chi connectivity index (χ0v) is 25.1. The first-order valence-electron chi connectivity index (χ1n) is 12.2. The first-order valence-corrected chi connectivity index (χ1v) is 14.8. The van der Waals surface area contributed by atoms with Gasteiger partial charge in [-0.2, -0.15) is 0 Å². The van der Waals surface area contributed by atoms with Crippen LogP contribution in [0.25, 0.3) is 0 Å². The van der Waals surface area contributed by atoms with Crippen molar-refractivity contribution in [3.63, 3.8) is 0 Å². The number of benzene rings is 3. The Balaban J connectivity index is 2.04. The molecule has 0 unspecified atom stereocenters. The highest BCUT2D eigenvalue weighted by Gasteiger charge is 2.32. The molecule has 0 saturated heterocycles. The summed E-state index contributed by atoms with van der Waals surface area (Å²) in [4.78, 5) is 28.2. The van der Waals surface area contributed by atoms with Gasteiger partial charge in [-0.05, 0) is 75.7 Å². The van der Waals surface area contributed by atoms with Crippen LogP contribution in [0.2, 0.25) is 15.1 Å². The van der Waals surface area contributed by atoms with Gasteiger partial charge in [-0.25, -0.2) is 8.42 Å². The summed E-state index contributed by atoms with van der Waals surface area (Å²) < 4.78 is 28.6. The van der Waals surface area contributed by atoms with E-state index in [1.807, 2.05) is 20.8 Å². The lowest BCUT2D eigenvalue weighted by Crippen LogP contribution is -2.52. The van der Waals surface area contributed by atoms with E-state index in [0.717, 1.165) is 9.87 Å². The van der Waals surface area contributed by atoms with Gasteiger partial charge in [-0.3, -0.25) is 13.9 Å².